The van der Waals surface area contributed by atoms with Crippen LogP contribution in [0.15, 0.2) is 24.5 Å². The van der Waals surface area contributed by atoms with E-state index in [0.29, 0.717) is 6.04 Å². The fraction of sp³-hybridized carbons (Fsp3) is 0.364. The molecule has 0 aliphatic heterocycles. The summed E-state index contributed by atoms with van der Waals surface area (Å²) in [6.45, 7) is 6.44. The molecule has 0 aliphatic rings. The Morgan fingerprint density at radius 3 is 2.43 bits per heavy atom. The number of aryl methyl sites for hydroxylation is 2. The lowest BCUT2D eigenvalue weighted by molar-refractivity contribution is 0.610. The van der Waals surface area contributed by atoms with E-state index in [9.17, 15) is 0 Å². The molecule has 0 bridgehead atoms. The predicted molar refractivity (Wildman–Crippen MR) is 56.3 cm³/mol. The molecule has 3 nitrogen and oxygen atoms in total. The fourth-order valence-electron chi connectivity index (χ4n) is 1.93. The van der Waals surface area contributed by atoms with Crippen molar-refractivity contribution in [2.24, 2.45) is 0 Å². The molecule has 0 amide bonds. The van der Waals surface area contributed by atoms with Crippen molar-refractivity contribution in [1.29, 1.82) is 0 Å². The third-order valence-electron chi connectivity index (χ3n) is 2.71. The Kier molecular flexibility index (Phi) is 2.15. The third-order valence-corrected chi connectivity index (χ3v) is 2.71. The van der Waals surface area contributed by atoms with E-state index in [0.717, 1.165) is 0 Å². The summed E-state index contributed by atoms with van der Waals surface area (Å²) in [5, 5.41) is 6.82. The van der Waals surface area contributed by atoms with Crippen molar-refractivity contribution >= 4 is 0 Å². The van der Waals surface area contributed by atoms with Gasteiger partial charge in [0.25, 0.3) is 0 Å². The van der Waals surface area contributed by atoms with Crippen LogP contribution in [0.25, 0.3) is 0 Å². The van der Waals surface area contributed by atoms with Gasteiger partial charge in [0.15, 0.2) is 0 Å². The van der Waals surface area contributed by atoms with Gasteiger partial charge in [0.2, 0.25) is 0 Å². The van der Waals surface area contributed by atoms with Gasteiger partial charge in [-0.05, 0) is 32.9 Å². The lowest BCUT2D eigenvalue weighted by atomic mass is 10.2. The molecule has 0 spiro atoms. The number of nitrogens with zero attached hydrogens (tertiary/aromatic N) is 2. The first-order chi connectivity index (χ1) is 6.70. The van der Waals surface area contributed by atoms with E-state index in [1.165, 1.54) is 17.0 Å². The van der Waals surface area contributed by atoms with Crippen LogP contribution < -0.4 is 0 Å². The first kappa shape index (κ1) is 9.06. The van der Waals surface area contributed by atoms with Crippen LogP contribution in [0, 0.1) is 13.8 Å². The van der Waals surface area contributed by atoms with Crippen LogP contribution in [0.5, 0.6) is 0 Å². The van der Waals surface area contributed by atoms with E-state index in [4.69, 9.17) is 0 Å². The molecule has 0 radical (unpaired) electrons. The average Bonchev–Trinajstić information content (AvgIpc) is 2.75. The Balaban J connectivity index is 2.41. The first-order valence-electron chi connectivity index (χ1n) is 4.83. The monoisotopic (exact) mass is 189 g/mol. The Morgan fingerprint density at radius 2 is 1.93 bits per heavy atom. The van der Waals surface area contributed by atoms with Gasteiger partial charge in [-0.1, -0.05) is 0 Å². The molecule has 14 heavy (non-hydrogen) atoms. The minimum absolute atomic E-state index is 0.351. The first-order valence-corrected chi connectivity index (χ1v) is 4.83. The smallest absolute Gasteiger partial charge is 0.0587 e. The van der Waals surface area contributed by atoms with Crippen molar-refractivity contribution in [3.05, 3.63) is 41.5 Å². The van der Waals surface area contributed by atoms with E-state index in [1.807, 2.05) is 12.4 Å². The van der Waals surface area contributed by atoms with Gasteiger partial charge in [-0.2, -0.15) is 5.10 Å². The molecule has 0 aliphatic carbocycles. The van der Waals surface area contributed by atoms with Crippen molar-refractivity contribution in [3.8, 4) is 0 Å². The summed E-state index contributed by atoms with van der Waals surface area (Å²) in [6, 6.07) is 4.64. The van der Waals surface area contributed by atoms with Gasteiger partial charge in [-0.3, -0.25) is 5.10 Å². The predicted octanol–water partition coefficient (Wildman–Crippen LogP) is 2.44. The lowest BCUT2D eigenvalue weighted by Gasteiger charge is -2.16. The van der Waals surface area contributed by atoms with Gasteiger partial charge in [0, 0.05) is 23.1 Å². The maximum Gasteiger partial charge on any atom is 0.0587 e. The summed E-state index contributed by atoms with van der Waals surface area (Å²) in [7, 11) is 0. The Hall–Kier alpha value is -1.51. The van der Waals surface area contributed by atoms with Gasteiger partial charge in [-0.15, -0.1) is 0 Å². The van der Waals surface area contributed by atoms with Gasteiger partial charge in [0.05, 0.1) is 12.2 Å². The number of aromatic amines is 1. The molecule has 0 saturated carbocycles. The summed E-state index contributed by atoms with van der Waals surface area (Å²) >= 11 is 0. The molecule has 1 unspecified atom stereocenters. The molecule has 0 fully saturated rings. The highest BCUT2D eigenvalue weighted by molar-refractivity contribution is 5.20. The SMILES string of the molecule is Cc1ccc(C)n1C(C)c1cn[nH]c1. The van der Waals surface area contributed by atoms with Gasteiger partial charge >= 0.3 is 0 Å². The van der Waals surface area contributed by atoms with Crippen LogP contribution in [0.2, 0.25) is 0 Å². The molecule has 1 atom stereocenters. The third kappa shape index (κ3) is 1.35. The minimum atomic E-state index is 0.351. The average molecular weight is 189 g/mol. The molecular weight excluding hydrogens is 174 g/mol. The molecule has 0 aromatic carbocycles. The largest absolute Gasteiger partial charge is 0.342 e. The van der Waals surface area contributed by atoms with E-state index >= 15 is 0 Å². The second-order valence-corrected chi connectivity index (χ2v) is 3.69. The van der Waals surface area contributed by atoms with Gasteiger partial charge in [0.1, 0.15) is 0 Å². The van der Waals surface area contributed by atoms with Crippen molar-refractivity contribution in [3.63, 3.8) is 0 Å². The molecule has 1 N–H and O–H groups in total. The molecule has 3 heteroatoms. The highest BCUT2D eigenvalue weighted by Crippen LogP contribution is 2.21. The number of hydrogen-bond acceptors (Lipinski definition) is 1. The van der Waals surface area contributed by atoms with E-state index < -0.39 is 0 Å². The highest BCUT2D eigenvalue weighted by atomic mass is 15.1. The summed E-state index contributed by atoms with van der Waals surface area (Å²) in [5.41, 5.74) is 3.79. The number of H-pyrrole nitrogens is 1. The zero-order valence-electron chi connectivity index (χ0n) is 8.78. The van der Waals surface area contributed by atoms with Crippen molar-refractivity contribution in [1.82, 2.24) is 14.8 Å². The minimum Gasteiger partial charge on any atom is -0.342 e. The number of nitrogens with one attached hydrogen (secondary N) is 1. The van der Waals surface area contributed by atoms with Crippen LogP contribution in [-0.4, -0.2) is 14.8 Å². The van der Waals surface area contributed by atoms with Crippen LogP contribution in [-0.2, 0) is 0 Å². The maximum absolute atomic E-state index is 3.97. The second-order valence-electron chi connectivity index (χ2n) is 3.69. The molecule has 74 valence electrons. The van der Waals surface area contributed by atoms with E-state index in [2.05, 4.69) is 47.7 Å². The summed E-state index contributed by atoms with van der Waals surface area (Å²) in [6.07, 6.45) is 3.83. The number of hydrogen-bond donors (Lipinski definition) is 1. The topological polar surface area (TPSA) is 33.6 Å². The normalized spacial score (nSPS) is 13.1. The number of aromatic nitrogens is 3. The van der Waals surface area contributed by atoms with Crippen LogP contribution in [0.3, 0.4) is 0 Å². The second kappa shape index (κ2) is 3.33. The molecular formula is C11H15N3. The fourth-order valence-corrected chi connectivity index (χ4v) is 1.93. The number of rotatable bonds is 2. The zero-order chi connectivity index (χ0) is 10.1. The van der Waals surface area contributed by atoms with Crippen molar-refractivity contribution < 1.29 is 0 Å². The lowest BCUT2D eigenvalue weighted by Crippen LogP contribution is -2.09. The Morgan fingerprint density at radius 1 is 1.29 bits per heavy atom. The van der Waals surface area contributed by atoms with Crippen LogP contribution in [0.4, 0.5) is 0 Å². The van der Waals surface area contributed by atoms with Gasteiger partial charge < -0.3 is 4.57 Å². The van der Waals surface area contributed by atoms with Crippen LogP contribution in [0.1, 0.15) is 29.9 Å². The van der Waals surface area contributed by atoms with E-state index in [1.54, 1.807) is 0 Å². The zero-order valence-corrected chi connectivity index (χ0v) is 8.78. The standard InChI is InChI=1S/C11H15N3/c1-8-4-5-9(2)14(8)10(3)11-6-12-13-7-11/h4-7,10H,1-3H3,(H,12,13). The maximum atomic E-state index is 3.97. The van der Waals surface area contributed by atoms with Gasteiger partial charge in [-0.25, -0.2) is 0 Å². The van der Waals surface area contributed by atoms with Crippen molar-refractivity contribution in [2.75, 3.05) is 0 Å². The van der Waals surface area contributed by atoms with Crippen LogP contribution >= 0.6 is 0 Å². The van der Waals surface area contributed by atoms with E-state index in [-0.39, 0.29) is 0 Å². The quantitative estimate of drug-likeness (QED) is 0.773. The summed E-state index contributed by atoms with van der Waals surface area (Å²) in [4.78, 5) is 0. The Labute approximate surface area is 83.8 Å². The molecule has 2 heterocycles. The molecule has 2 rings (SSSR count). The van der Waals surface area contributed by atoms with Crippen molar-refractivity contribution in [2.45, 2.75) is 26.8 Å². The Bertz CT molecular complexity index is 392. The molecule has 2 aromatic rings. The summed E-state index contributed by atoms with van der Waals surface area (Å²) < 4.78 is 2.31. The summed E-state index contributed by atoms with van der Waals surface area (Å²) in [5.74, 6) is 0. The highest BCUT2D eigenvalue weighted by Gasteiger charge is 2.11. The molecule has 2 aromatic heterocycles. The molecule has 0 saturated heterocycles.